The van der Waals surface area contributed by atoms with Crippen LogP contribution in [0.2, 0.25) is 0 Å². The molecule has 0 saturated carbocycles. The van der Waals surface area contributed by atoms with Gasteiger partial charge in [-0.05, 0) is 17.2 Å². The first kappa shape index (κ1) is 16.0. The number of hydrogen-bond donors (Lipinski definition) is 0. The summed E-state index contributed by atoms with van der Waals surface area (Å²) in [4.78, 5) is 12.2. The van der Waals surface area contributed by atoms with Gasteiger partial charge in [-0.25, -0.2) is 4.79 Å². The zero-order valence-electron chi connectivity index (χ0n) is 10.7. The third-order valence-electron chi connectivity index (χ3n) is 3.27. The minimum absolute atomic E-state index is 0. The fourth-order valence-corrected chi connectivity index (χ4v) is 2.36. The van der Waals surface area contributed by atoms with Gasteiger partial charge in [-0.1, -0.05) is 60.7 Å². The van der Waals surface area contributed by atoms with E-state index in [1.807, 2.05) is 66.7 Å². The van der Waals surface area contributed by atoms with Crippen molar-refractivity contribution in [1.29, 1.82) is 0 Å². The first-order valence-corrected chi connectivity index (χ1v) is 5.84. The summed E-state index contributed by atoms with van der Waals surface area (Å²) in [5.74, 6) is -0.250. The number of rotatable bonds is 2. The molecule has 3 rings (SSSR count). The molecule has 0 radical (unpaired) electrons. The third-order valence-corrected chi connectivity index (χ3v) is 3.27. The number of cyclic esters (lactones) is 1. The lowest BCUT2D eigenvalue weighted by Crippen LogP contribution is -2.32. The second-order valence-electron chi connectivity index (χ2n) is 4.25. The van der Waals surface area contributed by atoms with E-state index in [1.165, 1.54) is 6.26 Å². The Hall–Kier alpha value is -2.10. The van der Waals surface area contributed by atoms with E-state index in [0.717, 1.165) is 11.1 Å². The highest BCUT2D eigenvalue weighted by molar-refractivity contribution is 5.92. The Morgan fingerprint density at radius 1 is 0.800 bits per heavy atom. The molecule has 0 fully saturated rings. The van der Waals surface area contributed by atoms with Gasteiger partial charge in [0.2, 0.25) is 0 Å². The molecule has 2 N–H and O–H groups in total. The molecule has 1 heterocycles. The monoisotopic (exact) mass is 290 g/mol. The van der Waals surface area contributed by atoms with Crippen molar-refractivity contribution < 1.29 is 15.0 Å². The van der Waals surface area contributed by atoms with Crippen molar-refractivity contribution in [2.45, 2.75) is 5.41 Å². The van der Waals surface area contributed by atoms with Gasteiger partial charge in [0, 0.05) is 0 Å². The number of benzene rings is 2. The van der Waals surface area contributed by atoms with Crippen molar-refractivity contribution in [2.24, 2.45) is 0 Å². The molecule has 0 spiro atoms. The highest BCUT2D eigenvalue weighted by Gasteiger charge is 2.44. The van der Waals surface area contributed by atoms with Gasteiger partial charge in [-0.2, -0.15) is 0 Å². The molecule has 1 aliphatic heterocycles. The number of hydrogen-bond acceptors (Lipinski definition) is 2. The highest BCUT2D eigenvalue weighted by atomic mass is 35.5. The summed E-state index contributed by atoms with van der Waals surface area (Å²) in [6.07, 6.45) is 3.29. The Morgan fingerprint density at radius 3 is 1.60 bits per heavy atom. The molecule has 2 aromatic carbocycles. The molecule has 0 aliphatic carbocycles. The van der Waals surface area contributed by atoms with Crippen molar-refractivity contribution >= 4 is 18.4 Å². The van der Waals surface area contributed by atoms with Crippen molar-refractivity contribution in [3.05, 3.63) is 84.1 Å². The first-order valence-electron chi connectivity index (χ1n) is 5.84. The number of ether oxygens (including phenoxy) is 1. The summed E-state index contributed by atoms with van der Waals surface area (Å²) in [5, 5.41) is 0. The minimum Gasteiger partial charge on any atom is -0.434 e. The molecule has 0 saturated heterocycles. The highest BCUT2D eigenvalue weighted by Crippen LogP contribution is 2.38. The van der Waals surface area contributed by atoms with E-state index in [-0.39, 0.29) is 23.9 Å². The van der Waals surface area contributed by atoms with Crippen molar-refractivity contribution in [3.63, 3.8) is 0 Å². The molecule has 20 heavy (non-hydrogen) atoms. The fourth-order valence-electron chi connectivity index (χ4n) is 2.36. The average Bonchev–Trinajstić information content (AvgIpc) is 2.84. The summed E-state index contributed by atoms with van der Waals surface area (Å²) < 4.78 is 5.06. The molecule has 4 heteroatoms. The zero-order chi connectivity index (χ0) is 12.4. The maximum absolute atomic E-state index is 12.2. The number of carbonyl (C=O) groups is 1. The van der Waals surface area contributed by atoms with E-state index in [4.69, 9.17) is 4.74 Å². The van der Waals surface area contributed by atoms with Crippen LogP contribution in [0.3, 0.4) is 0 Å². The molecule has 0 aromatic heterocycles. The Balaban J connectivity index is 0.000001000. The second-order valence-corrected chi connectivity index (χ2v) is 4.25. The van der Waals surface area contributed by atoms with Crippen LogP contribution >= 0.6 is 12.4 Å². The first-order chi connectivity index (χ1) is 8.84. The minimum atomic E-state index is -0.803. The van der Waals surface area contributed by atoms with Gasteiger partial charge < -0.3 is 10.2 Å². The maximum Gasteiger partial charge on any atom is 0.329 e. The molecule has 0 bridgehead atoms. The Labute approximate surface area is 123 Å². The van der Waals surface area contributed by atoms with Gasteiger partial charge >= 0.3 is 5.97 Å². The maximum atomic E-state index is 12.2. The van der Waals surface area contributed by atoms with Crippen LogP contribution in [-0.2, 0) is 14.9 Å². The van der Waals surface area contributed by atoms with Crippen LogP contribution in [0.4, 0.5) is 0 Å². The van der Waals surface area contributed by atoms with Gasteiger partial charge in [0.25, 0.3) is 0 Å². The van der Waals surface area contributed by atoms with Gasteiger partial charge in [0.1, 0.15) is 5.41 Å². The predicted octanol–water partition coefficient (Wildman–Crippen LogP) is 2.64. The van der Waals surface area contributed by atoms with E-state index >= 15 is 0 Å². The quantitative estimate of drug-likeness (QED) is 0.798. The Bertz CT molecular complexity index is 554. The fraction of sp³-hybridized carbons (Fsp3) is 0.0625. The lowest BCUT2D eigenvalue weighted by molar-refractivity contribution is -0.139. The standard InChI is InChI=1S/C16H12O2.ClH.H2O/c17-15-16(11-12-18-15,13-7-3-1-4-8-13)14-9-5-2-6-10-14;;/h1-12H;1H;1H2. The van der Waals surface area contributed by atoms with Crippen LogP contribution in [0.15, 0.2) is 73.0 Å². The molecule has 2 aromatic rings. The van der Waals surface area contributed by atoms with Gasteiger partial charge in [0.15, 0.2) is 0 Å². The van der Waals surface area contributed by atoms with E-state index in [0.29, 0.717) is 0 Å². The van der Waals surface area contributed by atoms with Crippen LogP contribution in [0.5, 0.6) is 0 Å². The molecular weight excluding hydrogens is 276 g/mol. The summed E-state index contributed by atoms with van der Waals surface area (Å²) in [6, 6.07) is 19.4. The molecule has 0 amide bonds. The van der Waals surface area contributed by atoms with Crippen LogP contribution in [0.1, 0.15) is 11.1 Å². The molecular formula is C16H15ClO3. The Kier molecular flexibility index (Phi) is 5.08. The molecule has 104 valence electrons. The molecule has 0 atom stereocenters. The van der Waals surface area contributed by atoms with Gasteiger partial charge in [0.05, 0.1) is 6.26 Å². The molecule has 0 unspecified atom stereocenters. The SMILES string of the molecule is Cl.O.O=C1OC=CC1(c1ccccc1)c1ccccc1. The van der Waals surface area contributed by atoms with Crippen molar-refractivity contribution in [2.75, 3.05) is 0 Å². The van der Waals surface area contributed by atoms with Crippen LogP contribution in [0.25, 0.3) is 0 Å². The number of halogens is 1. The van der Waals surface area contributed by atoms with E-state index < -0.39 is 5.41 Å². The second kappa shape index (κ2) is 6.37. The lowest BCUT2D eigenvalue weighted by atomic mass is 9.75. The average molecular weight is 291 g/mol. The smallest absolute Gasteiger partial charge is 0.329 e. The van der Waals surface area contributed by atoms with Crippen LogP contribution < -0.4 is 0 Å². The van der Waals surface area contributed by atoms with Crippen molar-refractivity contribution in [1.82, 2.24) is 0 Å². The van der Waals surface area contributed by atoms with Crippen molar-refractivity contribution in [3.8, 4) is 0 Å². The lowest BCUT2D eigenvalue weighted by Gasteiger charge is -2.24. The molecule has 1 aliphatic rings. The molecule has 3 nitrogen and oxygen atoms in total. The van der Waals surface area contributed by atoms with Gasteiger partial charge in [-0.15, -0.1) is 12.4 Å². The summed E-state index contributed by atoms with van der Waals surface area (Å²) in [5.41, 5.74) is 1.05. The third kappa shape index (κ3) is 2.33. The zero-order valence-corrected chi connectivity index (χ0v) is 11.5. The summed E-state index contributed by atoms with van der Waals surface area (Å²) in [7, 11) is 0. The van der Waals surface area contributed by atoms with Crippen LogP contribution in [0, 0.1) is 0 Å². The topological polar surface area (TPSA) is 57.8 Å². The normalized spacial score (nSPS) is 14.9. The van der Waals surface area contributed by atoms with E-state index in [9.17, 15) is 4.79 Å². The Morgan fingerprint density at radius 2 is 1.25 bits per heavy atom. The largest absolute Gasteiger partial charge is 0.434 e. The van der Waals surface area contributed by atoms with Gasteiger partial charge in [-0.3, -0.25) is 0 Å². The van der Waals surface area contributed by atoms with E-state index in [2.05, 4.69) is 0 Å². The summed E-state index contributed by atoms with van der Waals surface area (Å²) in [6.45, 7) is 0. The van der Waals surface area contributed by atoms with Crippen LogP contribution in [-0.4, -0.2) is 11.4 Å². The van der Waals surface area contributed by atoms with E-state index in [1.54, 1.807) is 0 Å². The summed E-state index contributed by atoms with van der Waals surface area (Å²) >= 11 is 0. The number of carbonyl (C=O) groups excluding carboxylic acids is 1. The predicted molar refractivity (Wildman–Crippen MR) is 79.8 cm³/mol. The number of esters is 1.